The Bertz CT molecular complexity index is 1010. The summed E-state index contributed by atoms with van der Waals surface area (Å²) in [6.07, 6.45) is 0.854. The van der Waals surface area contributed by atoms with E-state index in [2.05, 4.69) is 11.9 Å². The second-order valence-corrected chi connectivity index (χ2v) is 6.56. The standard InChI is InChI=1S/C21H18N2O5/c1-12-10-11-14(19(24)22-12)23-20(25)13-6-5-9-17(18(13)21(23)26)28-16-8-4-3-7-15(16)27-2/h3-9,14H,1,10-11H2,2H3,(H,22,24). The van der Waals surface area contributed by atoms with Gasteiger partial charge in [-0.2, -0.15) is 0 Å². The molecule has 1 N–H and O–H groups in total. The number of nitrogens with one attached hydrogen (secondary N) is 1. The van der Waals surface area contributed by atoms with Crippen molar-refractivity contribution in [3.05, 3.63) is 65.9 Å². The largest absolute Gasteiger partial charge is 0.493 e. The highest BCUT2D eigenvalue weighted by Crippen LogP contribution is 2.38. The van der Waals surface area contributed by atoms with E-state index in [0.29, 0.717) is 30.0 Å². The van der Waals surface area contributed by atoms with Crippen molar-refractivity contribution in [1.82, 2.24) is 10.2 Å². The maximum atomic E-state index is 13.1. The van der Waals surface area contributed by atoms with Crippen LogP contribution in [0.25, 0.3) is 0 Å². The summed E-state index contributed by atoms with van der Waals surface area (Å²) in [7, 11) is 1.52. The molecule has 0 saturated carbocycles. The lowest BCUT2D eigenvalue weighted by molar-refractivity contribution is -0.125. The van der Waals surface area contributed by atoms with Crippen LogP contribution in [0.4, 0.5) is 0 Å². The predicted octanol–water partition coefficient (Wildman–Crippen LogP) is 2.88. The van der Waals surface area contributed by atoms with Crippen LogP contribution in [0.1, 0.15) is 33.6 Å². The lowest BCUT2D eigenvalue weighted by Gasteiger charge is -2.29. The molecular formula is C21H18N2O5. The third-order valence-corrected chi connectivity index (χ3v) is 4.83. The van der Waals surface area contributed by atoms with E-state index in [9.17, 15) is 14.4 Å². The number of ether oxygens (including phenoxy) is 2. The van der Waals surface area contributed by atoms with Gasteiger partial charge < -0.3 is 14.8 Å². The SMILES string of the molecule is C=C1CCC(N2C(=O)c3cccc(Oc4ccccc4OC)c3C2=O)C(=O)N1. The van der Waals surface area contributed by atoms with Gasteiger partial charge in [0.1, 0.15) is 11.8 Å². The van der Waals surface area contributed by atoms with Crippen LogP contribution in [-0.2, 0) is 4.79 Å². The second-order valence-electron chi connectivity index (χ2n) is 6.56. The molecule has 7 heteroatoms. The fraction of sp³-hybridized carbons (Fsp3) is 0.190. The van der Waals surface area contributed by atoms with Gasteiger partial charge >= 0.3 is 0 Å². The Morgan fingerprint density at radius 1 is 1.00 bits per heavy atom. The molecule has 0 aliphatic carbocycles. The van der Waals surface area contributed by atoms with Gasteiger partial charge in [-0.3, -0.25) is 19.3 Å². The number of rotatable bonds is 4. The van der Waals surface area contributed by atoms with E-state index in [4.69, 9.17) is 9.47 Å². The van der Waals surface area contributed by atoms with Crippen molar-refractivity contribution in [2.45, 2.75) is 18.9 Å². The fourth-order valence-corrected chi connectivity index (χ4v) is 3.47. The summed E-state index contributed by atoms with van der Waals surface area (Å²) >= 11 is 0. The molecule has 2 aliphatic heterocycles. The topological polar surface area (TPSA) is 84.9 Å². The quantitative estimate of drug-likeness (QED) is 0.827. The molecule has 28 heavy (non-hydrogen) atoms. The first-order valence-corrected chi connectivity index (χ1v) is 8.81. The number of hydrogen-bond donors (Lipinski definition) is 1. The van der Waals surface area contributed by atoms with Crippen LogP contribution in [0.2, 0.25) is 0 Å². The number of piperidine rings is 1. The van der Waals surface area contributed by atoms with Gasteiger partial charge in [0, 0.05) is 5.70 Å². The van der Waals surface area contributed by atoms with Crippen LogP contribution >= 0.6 is 0 Å². The van der Waals surface area contributed by atoms with E-state index in [1.54, 1.807) is 42.5 Å². The van der Waals surface area contributed by atoms with Gasteiger partial charge in [0.15, 0.2) is 11.5 Å². The molecule has 2 aromatic rings. The van der Waals surface area contributed by atoms with Crippen molar-refractivity contribution in [3.8, 4) is 17.2 Å². The molecule has 0 bridgehead atoms. The summed E-state index contributed by atoms with van der Waals surface area (Å²) < 4.78 is 11.2. The third-order valence-electron chi connectivity index (χ3n) is 4.83. The normalized spacial score (nSPS) is 18.8. The number of carbonyl (C=O) groups is 3. The van der Waals surface area contributed by atoms with E-state index < -0.39 is 23.8 Å². The number of para-hydroxylation sites is 2. The number of benzene rings is 2. The minimum atomic E-state index is -0.864. The summed E-state index contributed by atoms with van der Waals surface area (Å²) in [5, 5.41) is 2.62. The third kappa shape index (κ3) is 2.81. The molecule has 1 atom stereocenters. The van der Waals surface area contributed by atoms with E-state index in [1.165, 1.54) is 7.11 Å². The van der Waals surface area contributed by atoms with Crippen molar-refractivity contribution in [3.63, 3.8) is 0 Å². The maximum absolute atomic E-state index is 13.1. The van der Waals surface area contributed by atoms with Gasteiger partial charge in [-0.15, -0.1) is 0 Å². The molecule has 1 unspecified atom stereocenters. The van der Waals surface area contributed by atoms with Crippen LogP contribution < -0.4 is 14.8 Å². The van der Waals surface area contributed by atoms with E-state index >= 15 is 0 Å². The van der Waals surface area contributed by atoms with E-state index in [0.717, 1.165) is 4.90 Å². The monoisotopic (exact) mass is 378 g/mol. The summed E-state index contributed by atoms with van der Waals surface area (Å²) in [5.41, 5.74) is 0.947. The molecule has 0 radical (unpaired) electrons. The number of hydrogen-bond acceptors (Lipinski definition) is 5. The highest BCUT2D eigenvalue weighted by Gasteiger charge is 2.45. The molecule has 3 amide bonds. The van der Waals surface area contributed by atoms with Crippen LogP contribution in [0.15, 0.2) is 54.7 Å². The zero-order valence-electron chi connectivity index (χ0n) is 15.2. The van der Waals surface area contributed by atoms with Crippen molar-refractivity contribution >= 4 is 17.7 Å². The second kappa shape index (κ2) is 6.84. The predicted molar refractivity (Wildman–Crippen MR) is 100 cm³/mol. The Balaban J connectivity index is 1.70. The molecule has 142 valence electrons. The highest BCUT2D eigenvalue weighted by atomic mass is 16.5. The number of fused-ring (bicyclic) bond motifs is 1. The van der Waals surface area contributed by atoms with Crippen LogP contribution in [0.3, 0.4) is 0 Å². The molecule has 0 spiro atoms. The van der Waals surface area contributed by atoms with Gasteiger partial charge in [-0.1, -0.05) is 24.8 Å². The van der Waals surface area contributed by atoms with Crippen LogP contribution in [0, 0.1) is 0 Å². The van der Waals surface area contributed by atoms with Gasteiger partial charge in [0.05, 0.1) is 18.2 Å². The molecule has 2 heterocycles. The Morgan fingerprint density at radius 3 is 2.43 bits per heavy atom. The van der Waals surface area contributed by atoms with Gasteiger partial charge in [0.25, 0.3) is 11.8 Å². The first kappa shape index (κ1) is 17.8. The molecule has 0 aromatic heterocycles. The van der Waals surface area contributed by atoms with Crippen molar-refractivity contribution < 1.29 is 23.9 Å². The Hall–Kier alpha value is -3.61. The number of amides is 3. The zero-order chi connectivity index (χ0) is 19.8. The lowest BCUT2D eigenvalue weighted by atomic mass is 10.0. The maximum Gasteiger partial charge on any atom is 0.266 e. The van der Waals surface area contributed by atoms with E-state index in [1.807, 2.05) is 0 Å². The summed E-state index contributed by atoms with van der Waals surface area (Å²) in [6.45, 7) is 3.73. The minimum absolute atomic E-state index is 0.149. The average Bonchev–Trinajstić information content (AvgIpc) is 2.94. The van der Waals surface area contributed by atoms with Crippen molar-refractivity contribution in [1.29, 1.82) is 0 Å². The Morgan fingerprint density at radius 2 is 1.71 bits per heavy atom. The average molecular weight is 378 g/mol. The Kier molecular flexibility index (Phi) is 4.35. The highest BCUT2D eigenvalue weighted by molar-refractivity contribution is 6.24. The zero-order valence-corrected chi connectivity index (χ0v) is 15.2. The molecule has 7 nitrogen and oxygen atoms in total. The van der Waals surface area contributed by atoms with Crippen molar-refractivity contribution in [2.75, 3.05) is 7.11 Å². The summed E-state index contributed by atoms with van der Waals surface area (Å²) in [6, 6.07) is 11.0. The number of nitrogens with zero attached hydrogens (tertiary/aromatic N) is 1. The first-order valence-electron chi connectivity index (χ1n) is 8.81. The molecular weight excluding hydrogens is 360 g/mol. The molecule has 2 aromatic carbocycles. The first-order chi connectivity index (χ1) is 13.5. The minimum Gasteiger partial charge on any atom is -0.493 e. The van der Waals surface area contributed by atoms with Crippen LogP contribution in [0.5, 0.6) is 17.2 Å². The summed E-state index contributed by atoms with van der Waals surface area (Å²) in [5.74, 6) is -0.291. The molecule has 2 aliphatic rings. The molecule has 1 saturated heterocycles. The van der Waals surface area contributed by atoms with E-state index in [-0.39, 0.29) is 16.9 Å². The molecule has 4 rings (SSSR count). The molecule has 1 fully saturated rings. The smallest absolute Gasteiger partial charge is 0.266 e. The number of imide groups is 1. The lowest BCUT2D eigenvalue weighted by Crippen LogP contribution is -2.51. The summed E-state index contributed by atoms with van der Waals surface area (Å²) in [4.78, 5) is 39.3. The fourth-order valence-electron chi connectivity index (χ4n) is 3.47. The number of allylic oxidation sites excluding steroid dienone is 1. The van der Waals surface area contributed by atoms with Gasteiger partial charge in [0.2, 0.25) is 5.91 Å². The van der Waals surface area contributed by atoms with Crippen LogP contribution in [-0.4, -0.2) is 35.8 Å². The van der Waals surface area contributed by atoms with Crippen molar-refractivity contribution in [2.24, 2.45) is 0 Å². The van der Waals surface area contributed by atoms with Gasteiger partial charge in [-0.05, 0) is 37.1 Å². The number of carbonyl (C=O) groups excluding carboxylic acids is 3. The number of methoxy groups -OCH3 is 1. The van der Waals surface area contributed by atoms with Gasteiger partial charge in [-0.25, -0.2) is 0 Å². The Labute approximate surface area is 161 Å².